The number of rotatable bonds is 6. The molecule has 1 aromatic heterocycles. The van der Waals surface area contributed by atoms with E-state index >= 15 is 0 Å². The maximum Gasteiger partial charge on any atom is 0.416 e. The van der Waals surface area contributed by atoms with Crippen LogP contribution < -0.4 is 20.7 Å². The highest BCUT2D eigenvalue weighted by Crippen LogP contribution is 2.77. The van der Waals surface area contributed by atoms with E-state index in [1.807, 2.05) is 0 Å². The maximum absolute atomic E-state index is 12.9. The summed E-state index contributed by atoms with van der Waals surface area (Å²) in [5.41, 5.74) is -0.619. The minimum atomic E-state index is -4.51. The molecule has 4 N–H and O–H groups in total. The Bertz CT molecular complexity index is 1360. The number of phenols is 1. The highest BCUT2D eigenvalue weighted by Gasteiger charge is 2.80. The predicted octanol–water partition coefficient (Wildman–Crippen LogP) is 4.64. The highest BCUT2D eigenvalue weighted by molar-refractivity contribution is 5.92. The molecular weight excluding hydrogens is 477 g/mol. The lowest BCUT2D eigenvalue weighted by Gasteiger charge is -2.17. The van der Waals surface area contributed by atoms with E-state index in [2.05, 4.69) is 20.9 Å². The zero-order valence-corrected chi connectivity index (χ0v) is 18.9. The van der Waals surface area contributed by atoms with E-state index in [0.29, 0.717) is 23.5 Å². The summed E-state index contributed by atoms with van der Waals surface area (Å²) in [6.07, 6.45) is -2.38. The SMILES string of the molecule is CNC(=O)c1cc(Oc2ccc(O)c([C@@H]3[C@@H]4C[C@@]34NC(=O)Nc3cccc(C(F)(F)F)c3)c2)ccn1. The van der Waals surface area contributed by atoms with E-state index in [1.54, 1.807) is 18.2 Å². The van der Waals surface area contributed by atoms with Crippen LogP contribution >= 0.6 is 0 Å². The van der Waals surface area contributed by atoms with Gasteiger partial charge in [0, 0.05) is 36.5 Å². The first-order valence-electron chi connectivity index (χ1n) is 11.1. The van der Waals surface area contributed by atoms with Crippen molar-refractivity contribution in [2.24, 2.45) is 5.92 Å². The number of aromatic nitrogens is 1. The van der Waals surface area contributed by atoms with Crippen LogP contribution in [0.3, 0.4) is 0 Å². The summed E-state index contributed by atoms with van der Waals surface area (Å²) in [5.74, 6) is 0.432. The van der Waals surface area contributed by atoms with Crippen LogP contribution in [0.2, 0.25) is 0 Å². The number of carbonyl (C=O) groups is 2. The lowest BCUT2D eigenvalue weighted by Crippen LogP contribution is -2.36. The lowest BCUT2D eigenvalue weighted by atomic mass is 9.99. The van der Waals surface area contributed by atoms with Gasteiger partial charge in [-0.2, -0.15) is 13.2 Å². The molecule has 186 valence electrons. The van der Waals surface area contributed by atoms with Gasteiger partial charge in [-0.3, -0.25) is 9.78 Å². The molecule has 2 fully saturated rings. The highest BCUT2D eigenvalue weighted by atomic mass is 19.4. The predicted molar refractivity (Wildman–Crippen MR) is 123 cm³/mol. The van der Waals surface area contributed by atoms with Crippen molar-refractivity contribution in [2.45, 2.75) is 24.1 Å². The van der Waals surface area contributed by atoms with E-state index in [0.717, 1.165) is 12.1 Å². The molecule has 0 radical (unpaired) electrons. The Morgan fingerprint density at radius 3 is 2.61 bits per heavy atom. The van der Waals surface area contributed by atoms with Crippen LogP contribution in [0.5, 0.6) is 17.2 Å². The molecule has 0 bridgehead atoms. The smallest absolute Gasteiger partial charge is 0.416 e. The number of aromatic hydroxyl groups is 1. The van der Waals surface area contributed by atoms with Gasteiger partial charge in [-0.1, -0.05) is 6.07 Å². The van der Waals surface area contributed by atoms with Crippen molar-refractivity contribution in [3.8, 4) is 17.2 Å². The number of fused-ring (bicyclic) bond motifs is 1. The summed E-state index contributed by atoms with van der Waals surface area (Å²) in [5, 5.41) is 18.2. The normalized spacial score (nSPS) is 21.7. The van der Waals surface area contributed by atoms with Gasteiger partial charge in [0.2, 0.25) is 0 Å². The Balaban J connectivity index is 1.26. The zero-order valence-electron chi connectivity index (χ0n) is 18.9. The molecule has 1 heterocycles. The van der Waals surface area contributed by atoms with E-state index in [9.17, 15) is 27.9 Å². The fraction of sp³-hybridized carbons (Fsp3) is 0.240. The second-order valence-electron chi connectivity index (χ2n) is 8.76. The van der Waals surface area contributed by atoms with E-state index in [4.69, 9.17) is 4.74 Å². The topological polar surface area (TPSA) is 113 Å². The fourth-order valence-electron chi connectivity index (χ4n) is 4.48. The Hall–Kier alpha value is -4.28. The molecule has 36 heavy (non-hydrogen) atoms. The largest absolute Gasteiger partial charge is 0.508 e. The van der Waals surface area contributed by atoms with Crippen molar-refractivity contribution in [2.75, 3.05) is 12.4 Å². The van der Waals surface area contributed by atoms with Gasteiger partial charge in [-0.15, -0.1) is 0 Å². The molecule has 0 aliphatic heterocycles. The third-order valence-corrected chi connectivity index (χ3v) is 6.46. The van der Waals surface area contributed by atoms with Crippen molar-refractivity contribution in [3.63, 3.8) is 0 Å². The van der Waals surface area contributed by atoms with Crippen molar-refractivity contribution in [1.82, 2.24) is 15.6 Å². The molecule has 5 rings (SSSR count). The van der Waals surface area contributed by atoms with Crippen LogP contribution in [0, 0.1) is 5.92 Å². The van der Waals surface area contributed by atoms with Crippen LogP contribution in [0.25, 0.3) is 0 Å². The van der Waals surface area contributed by atoms with Crippen LogP contribution in [-0.2, 0) is 6.18 Å². The standard InChI is InChI=1S/C25H21F3N4O4/c1-29-22(34)19-11-16(7-8-30-19)36-15-5-6-20(33)17(10-15)21-18-12-24(18,21)32-23(35)31-14-4-2-3-13(9-14)25(26,27)28/h2-11,18,21,33H,12H2,1H3,(H,29,34)(H2,31,32,35)/t18-,21+,24-/m0/s1. The summed E-state index contributed by atoms with van der Waals surface area (Å²) in [4.78, 5) is 28.3. The number of halogens is 3. The molecule has 0 unspecified atom stereocenters. The van der Waals surface area contributed by atoms with Gasteiger partial charge in [0.05, 0.1) is 11.1 Å². The number of anilines is 1. The lowest BCUT2D eigenvalue weighted by molar-refractivity contribution is -0.137. The molecule has 0 saturated heterocycles. The number of nitrogens with zero attached hydrogens (tertiary/aromatic N) is 1. The first kappa shape index (κ1) is 23.5. The average molecular weight is 498 g/mol. The number of phenolic OH excluding ortho intramolecular Hbond substituents is 1. The minimum absolute atomic E-state index is 0.0276. The van der Waals surface area contributed by atoms with Gasteiger partial charge in [0.1, 0.15) is 22.9 Å². The van der Waals surface area contributed by atoms with E-state index < -0.39 is 23.3 Å². The summed E-state index contributed by atoms with van der Waals surface area (Å²) in [6, 6.07) is 11.6. The molecule has 0 spiro atoms. The number of ether oxygens (including phenoxy) is 1. The van der Waals surface area contributed by atoms with Crippen molar-refractivity contribution in [1.29, 1.82) is 0 Å². The first-order chi connectivity index (χ1) is 17.1. The van der Waals surface area contributed by atoms with Crippen LogP contribution in [0.1, 0.15) is 34.0 Å². The number of hydrogen-bond donors (Lipinski definition) is 4. The number of alkyl halides is 3. The Morgan fingerprint density at radius 2 is 1.89 bits per heavy atom. The van der Waals surface area contributed by atoms with Gasteiger partial charge in [-0.05, 0) is 54.8 Å². The molecule has 3 amide bonds. The fourth-order valence-corrected chi connectivity index (χ4v) is 4.48. The molecule has 2 aliphatic carbocycles. The second kappa shape index (κ2) is 8.43. The Labute approximate surface area is 203 Å². The number of nitrogens with one attached hydrogen (secondary N) is 3. The number of pyridine rings is 1. The summed E-state index contributed by atoms with van der Waals surface area (Å²) >= 11 is 0. The molecule has 2 aromatic carbocycles. The van der Waals surface area contributed by atoms with Crippen LogP contribution in [0.4, 0.5) is 23.7 Å². The number of hydrogen-bond acceptors (Lipinski definition) is 5. The van der Waals surface area contributed by atoms with Gasteiger partial charge in [-0.25, -0.2) is 4.79 Å². The minimum Gasteiger partial charge on any atom is -0.508 e. The Morgan fingerprint density at radius 1 is 1.11 bits per heavy atom. The number of urea groups is 1. The number of carbonyl (C=O) groups excluding carboxylic acids is 2. The quantitative estimate of drug-likeness (QED) is 0.396. The van der Waals surface area contributed by atoms with Crippen LogP contribution in [-0.4, -0.2) is 34.6 Å². The number of amides is 3. The van der Waals surface area contributed by atoms with Gasteiger partial charge >= 0.3 is 12.2 Å². The third kappa shape index (κ3) is 4.39. The van der Waals surface area contributed by atoms with Crippen molar-refractivity contribution >= 4 is 17.6 Å². The maximum atomic E-state index is 12.9. The first-order valence-corrected chi connectivity index (χ1v) is 11.1. The number of benzene rings is 2. The average Bonchev–Trinajstić information content (AvgIpc) is 3.70. The van der Waals surface area contributed by atoms with E-state index in [1.165, 1.54) is 37.5 Å². The molecule has 2 aliphatic rings. The second-order valence-corrected chi connectivity index (χ2v) is 8.76. The molecule has 2 saturated carbocycles. The van der Waals surface area contributed by atoms with E-state index in [-0.39, 0.29) is 34.9 Å². The van der Waals surface area contributed by atoms with Gasteiger partial charge in [0.25, 0.3) is 5.91 Å². The molecule has 3 atom stereocenters. The molecule has 11 heteroatoms. The molecular formula is C25H21F3N4O4. The van der Waals surface area contributed by atoms with Gasteiger partial charge in [0.15, 0.2) is 0 Å². The Kier molecular flexibility index (Phi) is 5.50. The monoisotopic (exact) mass is 498 g/mol. The third-order valence-electron chi connectivity index (χ3n) is 6.46. The zero-order chi connectivity index (χ0) is 25.7. The van der Waals surface area contributed by atoms with Gasteiger partial charge < -0.3 is 25.8 Å². The molecule has 8 nitrogen and oxygen atoms in total. The summed E-state index contributed by atoms with van der Waals surface area (Å²) < 4.78 is 44.6. The summed E-state index contributed by atoms with van der Waals surface area (Å²) in [6.45, 7) is 0. The molecule has 3 aromatic rings. The van der Waals surface area contributed by atoms with Crippen molar-refractivity contribution in [3.05, 3.63) is 77.6 Å². The summed E-state index contributed by atoms with van der Waals surface area (Å²) in [7, 11) is 1.49. The van der Waals surface area contributed by atoms with Crippen molar-refractivity contribution < 1.29 is 32.6 Å². The van der Waals surface area contributed by atoms with Crippen LogP contribution in [0.15, 0.2) is 60.8 Å².